The first kappa shape index (κ1) is 11.6. The van der Waals surface area contributed by atoms with Crippen molar-refractivity contribution >= 4 is 17.4 Å². The number of hydrogen-bond acceptors (Lipinski definition) is 3. The summed E-state index contributed by atoms with van der Waals surface area (Å²) in [6, 6.07) is 0. The summed E-state index contributed by atoms with van der Waals surface area (Å²) in [4.78, 5) is 10.8. The third-order valence-corrected chi connectivity index (χ3v) is 2.02. The van der Waals surface area contributed by atoms with Gasteiger partial charge in [0.05, 0.1) is 0 Å². The van der Waals surface area contributed by atoms with Crippen molar-refractivity contribution in [2.45, 2.75) is 0 Å². The van der Waals surface area contributed by atoms with Gasteiger partial charge in [0.15, 0.2) is 24.0 Å². The number of halogens is 4. The van der Waals surface area contributed by atoms with Crippen molar-refractivity contribution in [3.63, 3.8) is 0 Å². The van der Waals surface area contributed by atoms with Crippen LogP contribution in [-0.4, -0.2) is 22.7 Å². The number of rotatable bonds is 2. The highest BCUT2D eigenvalue weighted by atomic mass is 35.5. The number of alkyl halides is 1. The summed E-state index contributed by atoms with van der Waals surface area (Å²) in [6.45, 7) is -1.62. The molecule has 3 nitrogen and oxygen atoms in total. The van der Waals surface area contributed by atoms with Gasteiger partial charge in [-0.05, 0) is 0 Å². The molecule has 0 aliphatic heterocycles. The van der Waals surface area contributed by atoms with Crippen molar-refractivity contribution in [1.82, 2.24) is 0 Å². The SMILES string of the molecule is O=C(CF)c1c(O)c(F)c(O)c(Cl)c1F. The van der Waals surface area contributed by atoms with Crippen LogP contribution in [0.1, 0.15) is 10.4 Å². The number of Topliss-reactive ketones (excluding diaryl/α,β-unsaturated/α-hetero) is 1. The van der Waals surface area contributed by atoms with Crippen LogP contribution in [0.5, 0.6) is 11.5 Å². The van der Waals surface area contributed by atoms with Gasteiger partial charge in [-0.1, -0.05) is 11.6 Å². The maximum Gasteiger partial charge on any atom is 0.208 e. The van der Waals surface area contributed by atoms with Crippen LogP contribution in [0.15, 0.2) is 0 Å². The fourth-order valence-corrected chi connectivity index (χ4v) is 1.13. The van der Waals surface area contributed by atoms with Crippen molar-refractivity contribution < 1.29 is 28.2 Å². The van der Waals surface area contributed by atoms with Crippen LogP contribution < -0.4 is 0 Å². The Morgan fingerprint density at radius 2 is 1.73 bits per heavy atom. The molecule has 0 saturated heterocycles. The Hall–Kier alpha value is -1.43. The second-order valence-electron chi connectivity index (χ2n) is 2.57. The minimum absolute atomic E-state index is 1.08. The molecular formula is C8H4ClF3O3. The first-order chi connectivity index (χ1) is 6.91. The molecule has 7 heteroatoms. The van der Waals surface area contributed by atoms with Gasteiger partial charge in [0.1, 0.15) is 10.6 Å². The molecule has 0 aromatic heterocycles. The minimum atomic E-state index is -1.67. The second kappa shape index (κ2) is 3.98. The van der Waals surface area contributed by atoms with Gasteiger partial charge in [-0.15, -0.1) is 0 Å². The molecule has 15 heavy (non-hydrogen) atoms. The fourth-order valence-electron chi connectivity index (χ4n) is 0.957. The Bertz CT molecular complexity index is 405. The standard InChI is InChI=1S/C8H4ClF3O3/c9-4-5(11)3(2(13)1-10)7(14)6(12)8(4)15/h14-15H,1H2. The number of ketones is 1. The molecule has 0 amide bonds. The second-order valence-corrected chi connectivity index (χ2v) is 2.95. The van der Waals surface area contributed by atoms with E-state index in [9.17, 15) is 18.0 Å². The van der Waals surface area contributed by atoms with Gasteiger partial charge < -0.3 is 10.2 Å². The lowest BCUT2D eigenvalue weighted by Crippen LogP contribution is -2.07. The Balaban J connectivity index is 3.60. The Labute approximate surface area is 86.7 Å². The van der Waals surface area contributed by atoms with Crippen molar-refractivity contribution in [1.29, 1.82) is 0 Å². The maximum atomic E-state index is 13.1. The van der Waals surface area contributed by atoms with Gasteiger partial charge in [-0.25, -0.2) is 8.78 Å². The predicted octanol–water partition coefficient (Wildman–Crippen LogP) is 2.18. The van der Waals surface area contributed by atoms with E-state index in [1.165, 1.54) is 0 Å². The van der Waals surface area contributed by atoms with Crippen molar-refractivity contribution in [2.75, 3.05) is 6.67 Å². The molecule has 82 valence electrons. The van der Waals surface area contributed by atoms with Crippen molar-refractivity contribution in [2.24, 2.45) is 0 Å². The highest BCUT2D eigenvalue weighted by molar-refractivity contribution is 6.32. The average molecular weight is 241 g/mol. The lowest BCUT2D eigenvalue weighted by molar-refractivity contribution is 0.0950. The first-order valence-corrected chi connectivity index (χ1v) is 3.97. The van der Waals surface area contributed by atoms with Crippen LogP contribution >= 0.6 is 11.6 Å². The summed E-state index contributed by atoms with van der Waals surface area (Å²) < 4.78 is 38.0. The van der Waals surface area contributed by atoms with E-state index >= 15 is 0 Å². The quantitative estimate of drug-likeness (QED) is 0.615. The summed E-state index contributed by atoms with van der Waals surface area (Å²) in [6.07, 6.45) is 0. The number of carbonyl (C=O) groups excluding carboxylic acids is 1. The molecule has 0 atom stereocenters. The van der Waals surface area contributed by atoms with Gasteiger partial charge >= 0.3 is 0 Å². The Morgan fingerprint density at radius 1 is 1.20 bits per heavy atom. The van der Waals surface area contributed by atoms with Gasteiger partial charge in [-0.3, -0.25) is 4.79 Å². The Kier molecular flexibility index (Phi) is 3.09. The highest BCUT2D eigenvalue weighted by Gasteiger charge is 2.27. The Morgan fingerprint density at radius 3 is 2.20 bits per heavy atom. The molecule has 2 N–H and O–H groups in total. The molecule has 0 aliphatic rings. The van der Waals surface area contributed by atoms with Crippen LogP contribution in [-0.2, 0) is 0 Å². The summed E-state index contributed by atoms with van der Waals surface area (Å²) in [5, 5.41) is 16.7. The number of phenols is 2. The summed E-state index contributed by atoms with van der Waals surface area (Å²) in [7, 11) is 0. The van der Waals surface area contributed by atoms with Crippen LogP contribution in [0.3, 0.4) is 0 Å². The lowest BCUT2D eigenvalue weighted by atomic mass is 10.1. The number of aromatic hydroxyl groups is 2. The molecular weight excluding hydrogens is 237 g/mol. The van der Waals surface area contributed by atoms with Crippen LogP contribution in [0.25, 0.3) is 0 Å². The number of benzene rings is 1. The van der Waals surface area contributed by atoms with E-state index in [0.717, 1.165) is 0 Å². The van der Waals surface area contributed by atoms with E-state index in [0.29, 0.717) is 0 Å². The van der Waals surface area contributed by atoms with Crippen LogP contribution in [0.4, 0.5) is 13.2 Å². The number of carbonyl (C=O) groups is 1. The zero-order chi connectivity index (χ0) is 11.7. The van der Waals surface area contributed by atoms with Crippen LogP contribution in [0.2, 0.25) is 5.02 Å². The summed E-state index contributed by atoms with van der Waals surface area (Å²) in [5.74, 6) is -7.49. The average Bonchev–Trinajstić information content (AvgIpc) is 2.23. The van der Waals surface area contributed by atoms with Gasteiger partial charge in [0.2, 0.25) is 11.6 Å². The van der Waals surface area contributed by atoms with Crippen molar-refractivity contribution in [3.05, 3.63) is 22.2 Å². The molecule has 0 fully saturated rings. The van der Waals surface area contributed by atoms with E-state index in [4.69, 9.17) is 21.8 Å². The fraction of sp³-hybridized carbons (Fsp3) is 0.125. The molecule has 1 aromatic rings. The highest BCUT2D eigenvalue weighted by Crippen LogP contribution is 2.38. The molecule has 0 aliphatic carbocycles. The lowest BCUT2D eigenvalue weighted by Gasteiger charge is -2.07. The van der Waals surface area contributed by atoms with E-state index in [1.54, 1.807) is 0 Å². The predicted molar refractivity (Wildman–Crippen MR) is 45.0 cm³/mol. The molecule has 0 saturated carbocycles. The zero-order valence-corrected chi connectivity index (χ0v) is 7.78. The number of hydrogen-bond donors (Lipinski definition) is 2. The zero-order valence-electron chi connectivity index (χ0n) is 7.02. The summed E-state index contributed by atoms with van der Waals surface area (Å²) in [5.41, 5.74) is -1.21. The molecule has 0 radical (unpaired) electrons. The topological polar surface area (TPSA) is 57.5 Å². The van der Waals surface area contributed by atoms with E-state index in [2.05, 4.69) is 0 Å². The third-order valence-electron chi connectivity index (χ3n) is 1.67. The molecule has 1 aromatic carbocycles. The first-order valence-electron chi connectivity index (χ1n) is 3.59. The van der Waals surface area contributed by atoms with Gasteiger partial charge in [0.25, 0.3) is 0 Å². The molecule has 0 heterocycles. The maximum absolute atomic E-state index is 13.1. The van der Waals surface area contributed by atoms with Gasteiger partial charge in [0, 0.05) is 0 Å². The third kappa shape index (κ3) is 1.72. The van der Waals surface area contributed by atoms with Gasteiger partial charge in [-0.2, -0.15) is 4.39 Å². The smallest absolute Gasteiger partial charge is 0.208 e. The molecule has 1 rings (SSSR count). The number of phenolic OH excluding ortho intramolecular Hbond substituents is 2. The molecule has 0 bridgehead atoms. The largest absolute Gasteiger partial charge is 0.504 e. The van der Waals surface area contributed by atoms with E-state index in [-0.39, 0.29) is 0 Å². The molecule has 0 spiro atoms. The monoisotopic (exact) mass is 240 g/mol. The summed E-state index contributed by atoms with van der Waals surface area (Å²) >= 11 is 5.11. The molecule has 0 unspecified atom stereocenters. The van der Waals surface area contributed by atoms with Crippen molar-refractivity contribution in [3.8, 4) is 11.5 Å². The normalized spacial score (nSPS) is 10.4. The minimum Gasteiger partial charge on any atom is -0.504 e. The van der Waals surface area contributed by atoms with E-state index < -0.39 is 46.2 Å². The van der Waals surface area contributed by atoms with Crippen LogP contribution in [0, 0.1) is 11.6 Å². The van der Waals surface area contributed by atoms with E-state index in [1.807, 2.05) is 0 Å².